The highest BCUT2D eigenvalue weighted by atomic mass is 79.9. The Hall–Kier alpha value is -2.38. The van der Waals surface area contributed by atoms with Crippen molar-refractivity contribution in [2.75, 3.05) is 11.1 Å². The molecule has 0 aliphatic carbocycles. The van der Waals surface area contributed by atoms with Crippen molar-refractivity contribution in [1.82, 2.24) is 9.55 Å². The second-order valence-corrected chi connectivity index (χ2v) is 7.71. The summed E-state index contributed by atoms with van der Waals surface area (Å²) in [4.78, 5) is 29.6. The molecule has 0 bridgehead atoms. The smallest absolute Gasteiger partial charge is 0.262 e. The Bertz CT molecular complexity index is 1080. The lowest BCUT2D eigenvalue weighted by Crippen LogP contribution is -2.23. The van der Waals surface area contributed by atoms with Gasteiger partial charge in [-0.1, -0.05) is 45.9 Å². The van der Waals surface area contributed by atoms with E-state index in [-0.39, 0.29) is 17.2 Å². The van der Waals surface area contributed by atoms with Gasteiger partial charge in [0.05, 0.1) is 16.7 Å². The van der Waals surface area contributed by atoms with Crippen LogP contribution in [-0.4, -0.2) is 21.2 Å². The van der Waals surface area contributed by atoms with E-state index in [1.54, 1.807) is 18.2 Å². The van der Waals surface area contributed by atoms with E-state index >= 15 is 0 Å². The highest BCUT2D eigenvalue weighted by Gasteiger charge is 2.12. The fourth-order valence-electron chi connectivity index (χ4n) is 2.60. The number of anilines is 1. The van der Waals surface area contributed by atoms with E-state index in [0.29, 0.717) is 22.6 Å². The van der Waals surface area contributed by atoms with Gasteiger partial charge in [0.25, 0.3) is 5.56 Å². The van der Waals surface area contributed by atoms with Gasteiger partial charge in [-0.2, -0.15) is 0 Å². The van der Waals surface area contributed by atoms with Crippen LogP contribution in [0.5, 0.6) is 0 Å². The minimum absolute atomic E-state index is 0.132. The number of halogens is 1. The minimum atomic E-state index is -0.158. The minimum Gasteiger partial charge on any atom is -0.325 e. The molecule has 0 saturated heterocycles. The van der Waals surface area contributed by atoms with Crippen molar-refractivity contribution in [2.24, 2.45) is 0 Å². The first kappa shape index (κ1) is 19.4. The van der Waals surface area contributed by atoms with Crippen LogP contribution in [-0.2, 0) is 11.3 Å². The summed E-state index contributed by atoms with van der Waals surface area (Å²) < 4.78 is 2.53. The molecular formula is C20H18BrN3O2S. The lowest BCUT2D eigenvalue weighted by atomic mass is 10.2. The van der Waals surface area contributed by atoms with Crippen molar-refractivity contribution in [1.29, 1.82) is 0 Å². The highest BCUT2D eigenvalue weighted by Crippen LogP contribution is 2.21. The average molecular weight is 444 g/mol. The molecule has 0 radical (unpaired) electrons. The molecule has 1 aromatic heterocycles. The summed E-state index contributed by atoms with van der Waals surface area (Å²) in [6, 6.07) is 12.8. The van der Waals surface area contributed by atoms with Gasteiger partial charge in [-0.3, -0.25) is 14.2 Å². The van der Waals surface area contributed by atoms with E-state index in [2.05, 4.69) is 32.8 Å². The molecular weight excluding hydrogens is 426 g/mol. The molecule has 1 heterocycles. The fourth-order valence-corrected chi connectivity index (χ4v) is 3.65. The number of rotatable bonds is 6. The quantitative estimate of drug-likeness (QED) is 0.348. The summed E-state index contributed by atoms with van der Waals surface area (Å²) in [6.07, 6.45) is 1.65. The summed E-state index contributed by atoms with van der Waals surface area (Å²) in [5.74, 6) is -0.00824. The second kappa shape index (κ2) is 8.54. The zero-order valence-electron chi connectivity index (χ0n) is 14.7. The van der Waals surface area contributed by atoms with Gasteiger partial charge in [0, 0.05) is 16.7 Å². The number of thioether (sulfide) groups is 1. The molecule has 1 N–H and O–H groups in total. The van der Waals surface area contributed by atoms with Gasteiger partial charge in [0.2, 0.25) is 5.91 Å². The van der Waals surface area contributed by atoms with Gasteiger partial charge >= 0.3 is 0 Å². The molecule has 0 atom stereocenters. The van der Waals surface area contributed by atoms with Gasteiger partial charge in [-0.05, 0) is 42.8 Å². The number of aryl methyl sites for hydroxylation is 1. The van der Waals surface area contributed by atoms with Gasteiger partial charge in [-0.25, -0.2) is 4.98 Å². The number of allylic oxidation sites excluding steroid dienone is 1. The van der Waals surface area contributed by atoms with Crippen molar-refractivity contribution >= 4 is 50.2 Å². The maximum atomic E-state index is 12.7. The first-order valence-electron chi connectivity index (χ1n) is 8.29. The number of nitrogens with one attached hydrogen (secondary N) is 1. The lowest BCUT2D eigenvalue weighted by Gasteiger charge is -2.11. The van der Waals surface area contributed by atoms with Crippen molar-refractivity contribution in [2.45, 2.75) is 18.6 Å². The lowest BCUT2D eigenvalue weighted by molar-refractivity contribution is -0.113. The maximum Gasteiger partial charge on any atom is 0.262 e. The van der Waals surface area contributed by atoms with E-state index in [4.69, 9.17) is 0 Å². The van der Waals surface area contributed by atoms with Crippen molar-refractivity contribution in [3.05, 3.63) is 75.5 Å². The van der Waals surface area contributed by atoms with Crippen molar-refractivity contribution in [3.8, 4) is 0 Å². The van der Waals surface area contributed by atoms with Crippen LogP contribution in [0.2, 0.25) is 0 Å². The molecule has 27 heavy (non-hydrogen) atoms. The predicted molar refractivity (Wildman–Crippen MR) is 114 cm³/mol. The summed E-state index contributed by atoms with van der Waals surface area (Å²) in [6.45, 7) is 6.00. The SMILES string of the molecule is C=CCn1c(SCC(=O)Nc2ccc(Br)c(C)c2)nc2ccccc2c1=O. The molecule has 0 spiro atoms. The normalized spacial score (nSPS) is 10.7. The Morgan fingerprint density at radius 3 is 2.85 bits per heavy atom. The maximum absolute atomic E-state index is 12.7. The number of carbonyl (C=O) groups is 1. The average Bonchev–Trinajstić information content (AvgIpc) is 2.66. The van der Waals surface area contributed by atoms with Crippen molar-refractivity contribution in [3.63, 3.8) is 0 Å². The number of carbonyl (C=O) groups excluding carboxylic acids is 1. The molecule has 0 aliphatic heterocycles. The van der Waals surface area contributed by atoms with Gasteiger partial charge in [0.1, 0.15) is 0 Å². The number of para-hydroxylation sites is 1. The molecule has 0 fully saturated rings. The molecule has 1 amide bonds. The van der Waals surface area contributed by atoms with Crippen LogP contribution in [0.3, 0.4) is 0 Å². The fraction of sp³-hybridized carbons (Fsp3) is 0.150. The van der Waals surface area contributed by atoms with Gasteiger partial charge in [0.15, 0.2) is 5.16 Å². The molecule has 5 nitrogen and oxygen atoms in total. The van der Waals surface area contributed by atoms with E-state index in [1.165, 1.54) is 16.3 Å². The topological polar surface area (TPSA) is 64.0 Å². The number of hydrogen-bond acceptors (Lipinski definition) is 4. The first-order valence-corrected chi connectivity index (χ1v) is 10.1. The zero-order valence-corrected chi connectivity index (χ0v) is 17.1. The molecule has 3 aromatic rings. The molecule has 138 valence electrons. The van der Waals surface area contributed by atoms with Crippen LogP contribution in [0.4, 0.5) is 5.69 Å². The van der Waals surface area contributed by atoms with Crippen LogP contribution < -0.4 is 10.9 Å². The zero-order chi connectivity index (χ0) is 19.4. The van der Waals surface area contributed by atoms with Crippen LogP contribution in [0.1, 0.15) is 5.56 Å². The number of fused-ring (bicyclic) bond motifs is 1. The largest absolute Gasteiger partial charge is 0.325 e. The van der Waals surface area contributed by atoms with Crippen LogP contribution in [0.25, 0.3) is 10.9 Å². The number of aromatic nitrogens is 2. The third-order valence-electron chi connectivity index (χ3n) is 3.91. The Kier molecular flexibility index (Phi) is 6.13. The molecule has 3 rings (SSSR count). The van der Waals surface area contributed by atoms with E-state index in [9.17, 15) is 9.59 Å². The number of hydrogen-bond donors (Lipinski definition) is 1. The van der Waals surface area contributed by atoms with E-state index in [1.807, 2.05) is 37.3 Å². The number of amides is 1. The third-order valence-corrected chi connectivity index (χ3v) is 5.78. The first-order chi connectivity index (χ1) is 13.0. The molecule has 0 saturated carbocycles. The summed E-state index contributed by atoms with van der Waals surface area (Å²) >= 11 is 4.67. The summed E-state index contributed by atoms with van der Waals surface area (Å²) in [5, 5.41) is 3.92. The van der Waals surface area contributed by atoms with Gasteiger partial charge in [-0.15, -0.1) is 6.58 Å². The van der Waals surface area contributed by atoms with Crippen LogP contribution in [0.15, 0.2) is 69.5 Å². The third kappa shape index (κ3) is 4.48. The highest BCUT2D eigenvalue weighted by molar-refractivity contribution is 9.10. The van der Waals surface area contributed by atoms with Crippen molar-refractivity contribution < 1.29 is 4.79 Å². The predicted octanol–water partition coefficient (Wildman–Crippen LogP) is 4.38. The van der Waals surface area contributed by atoms with Crippen LogP contribution >= 0.6 is 27.7 Å². The molecule has 2 aromatic carbocycles. The second-order valence-electron chi connectivity index (χ2n) is 5.92. The van der Waals surface area contributed by atoms with Crippen LogP contribution in [0, 0.1) is 6.92 Å². The summed E-state index contributed by atoms with van der Waals surface area (Å²) in [5.41, 5.74) is 2.26. The Morgan fingerprint density at radius 2 is 2.11 bits per heavy atom. The number of benzene rings is 2. The Balaban J connectivity index is 1.80. The van der Waals surface area contributed by atoms with E-state index < -0.39 is 0 Å². The number of nitrogens with zero attached hydrogens (tertiary/aromatic N) is 2. The van der Waals surface area contributed by atoms with E-state index in [0.717, 1.165) is 15.7 Å². The standard InChI is InChI=1S/C20H18BrN3O2S/c1-3-10-24-19(26)15-6-4-5-7-17(15)23-20(24)27-12-18(25)22-14-8-9-16(21)13(2)11-14/h3-9,11H,1,10,12H2,2H3,(H,22,25). The molecule has 0 aliphatic rings. The Morgan fingerprint density at radius 1 is 1.33 bits per heavy atom. The molecule has 7 heteroatoms. The monoisotopic (exact) mass is 443 g/mol. The summed E-state index contributed by atoms with van der Waals surface area (Å²) in [7, 11) is 0. The van der Waals surface area contributed by atoms with Gasteiger partial charge < -0.3 is 5.32 Å². The molecule has 0 unspecified atom stereocenters. The Labute approximate surface area is 169 Å².